The van der Waals surface area contributed by atoms with Crippen LogP contribution in [-0.4, -0.2) is 32.2 Å². The Morgan fingerprint density at radius 3 is 2.65 bits per heavy atom. The highest BCUT2D eigenvalue weighted by atomic mass is 16.6. The summed E-state index contributed by atoms with van der Waals surface area (Å²) in [7, 11) is 1.32. The molecule has 6 nitrogen and oxygen atoms in total. The molecule has 6 heteroatoms. The first-order valence-electron chi connectivity index (χ1n) is 7.93. The number of rotatable bonds is 6. The van der Waals surface area contributed by atoms with Crippen LogP contribution in [0.5, 0.6) is 11.5 Å². The van der Waals surface area contributed by atoms with Crippen molar-refractivity contribution in [2.24, 2.45) is 5.92 Å². The highest BCUT2D eigenvalue weighted by Gasteiger charge is 2.34. The first kappa shape index (κ1) is 15.6. The van der Waals surface area contributed by atoms with E-state index in [0.29, 0.717) is 19.1 Å². The van der Waals surface area contributed by atoms with Crippen LogP contribution in [0.15, 0.2) is 18.2 Å². The van der Waals surface area contributed by atoms with Gasteiger partial charge in [0.15, 0.2) is 11.5 Å². The van der Waals surface area contributed by atoms with Crippen LogP contribution in [0, 0.1) is 5.92 Å². The second-order valence-corrected chi connectivity index (χ2v) is 5.86. The fourth-order valence-corrected chi connectivity index (χ4v) is 2.72. The highest BCUT2D eigenvalue weighted by Crippen LogP contribution is 2.43. The van der Waals surface area contributed by atoms with Gasteiger partial charge in [-0.05, 0) is 36.5 Å². The highest BCUT2D eigenvalue weighted by molar-refractivity contribution is 5.81. The van der Waals surface area contributed by atoms with Crippen molar-refractivity contribution < 1.29 is 23.8 Å². The Morgan fingerprint density at radius 2 is 1.96 bits per heavy atom. The fraction of sp³-hybridized carbons (Fsp3) is 0.529. The van der Waals surface area contributed by atoms with Crippen molar-refractivity contribution in [1.82, 2.24) is 5.32 Å². The molecule has 1 aliphatic heterocycles. The number of amides is 1. The zero-order valence-electron chi connectivity index (χ0n) is 13.2. The third kappa shape index (κ3) is 3.94. The summed E-state index contributed by atoms with van der Waals surface area (Å²) in [4.78, 5) is 23.2. The molecule has 1 amide bonds. The van der Waals surface area contributed by atoms with E-state index in [1.165, 1.54) is 7.11 Å². The Labute approximate surface area is 135 Å². The summed E-state index contributed by atoms with van der Waals surface area (Å²) in [5, 5.41) is 3.04. The third-order valence-electron chi connectivity index (χ3n) is 4.12. The van der Waals surface area contributed by atoms with Gasteiger partial charge in [0.25, 0.3) is 0 Å². The summed E-state index contributed by atoms with van der Waals surface area (Å²) >= 11 is 0. The molecule has 1 aliphatic carbocycles. The lowest BCUT2D eigenvalue weighted by Gasteiger charge is -2.23. The first-order valence-corrected chi connectivity index (χ1v) is 7.93. The molecular weight excluding hydrogens is 298 g/mol. The fourth-order valence-electron chi connectivity index (χ4n) is 2.72. The molecule has 1 N–H and O–H groups in total. The molecule has 0 aromatic heterocycles. The van der Waals surface area contributed by atoms with Crippen molar-refractivity contribution in [2.75, 3.05) is 20.3 Å². The smallest absolute Gasteiger partial charge is 0.306 e. The van der Waals surface area contributed by atoms with Crippen LogP contribution in [0.3, 0.4) is 0 Å². The predicted molar refractivity (Wildman–Crippen MR) is 82.3 cm³/mol. The average molecular weight is 319 g/mol. The topological polar surface area (TPSA) is 73.9 Å². The summed E-state index contributed by atoms with van der Waals surface area (Å²) in [5.74, 6) is 1.40. The number of carbonyl (C=O) groups is 2. The molecule has 0 bridgehead atoms. The molecule has 0 unspecified atom stereocenters. The lowest BCUT2D eigenvalue weighted by Crippen LogP contribution is -2.30. The van der Waals surface area contributed by atoms with E-state index in [1.807, 2.05) is 18.2 Å². The summed E-state index contributed by atoms with van der Waals surface area (Å²) in [6, 6.07) is 5.76. The van der Waals surface area contributed by atoms with Gasteiger partial charge in [0.05, 0.1) is 19.6 Å². The summed E-state index contributed by atoms with van der Waals surface area (Å²) in [6.45, 7) is 1.10. The second kappa shape index (κ2) is 6.89. The van der Waals surface area contributed by atoms with E-state index in [4.69, 9.17) is 9.47 Å². The number of nitrogens with one attached hydrogen (secondary N) is 1. The van der Waals surface area contributed by atoms with E-state index in [0.717, 1.165) is 29.9 Å². The van der Waals surface area contributed by atoms with Gasteiger partial charge in [0, 0.05) is 6.42 Å². The zero-order chi connectivity index (χ0) is 16.2. The second-order valence-electron chi connectivity index (χ2n) is 5.86. The predicted octanol–water partition coefficient (Wildman–Crippen LogP) is 1.98. The number of hydrogen-bond acceptors (Lipinski definition) is 5. The maximum absolute atomic E-state index is 12.1. The Balaban J connectivity index is 1.67. The summed E-state index contributed by atoms with van der Waals surface area (Å²) < 4.78 is 15.7. The number of benzene rings is 1. The molecule has 1 aromatic rings. The van der Waals surface area contributed by atoms with Gasteiger partial charge >= 0.3 is 5.97 Å². The minimum Gasteiger partial charge on any atom is -0.486 e. The van der Waals surface area contributed by atoms with Crippen LogP contribution in [-0.2, 0) is 14.3 Å². The van der Waals surface area contributed by atoms with Gasteiger partial charge in [-0.25, -0.2) is 0 Å². The van der Waals surface area contributed by atoms with Crippen molar-refractivity contribution >= 4 is 11.9 Å². The minimum atomic E-state index is -0.373. The van der Waals surface area contributed by atoms with Crippen molar-refractivity contribution in [2.45, 2.75) is 31.7 Å². The first-order chi connectivity index (χ1) is 11.2. The number of esters is 1. The maximum Gasteiger partial charge on any atom is 0.306 e. The molecule has 3 rings (SSSR count). The number of hydrogen-bond donors (Lipinski definition) is 1. The van der Waals surface area contributed by atoms with Gasteiger partial charge in [-0.1, -0.05) is 6.07 Å². The van der Waals surface area contributed by atoms with Gasteiger partial charge in [-0.3, -0.25) is 9.59 Å². The van der Waals surface area contributed by atoms with Crippen molar-refractivity contribution in [3.05, 3.63) is 23.8 Å². The lowest BCUT2D eigenvalue weighted by atomic mass is 10.0. The van der Waals surface area contributed by atoms with Crippen LogP contribution >= 0.6 is 0 Å². The van der Waals surface area contributed by atoms with Crippen molar-refractivity contribution in [1.29, 1.82) is 0 Å². The van der Waals surface area contributed by atoms with Crippen molar-refractivity contribution in [3.63, 3.8) is 0 Å². The average Bonchev–Trinajstić information content (AvgIpc) is 3.42. The molecule has 1 saturated carbocycles. The van der Waals surface area contributed by atoms with E-state index >= 15 is 0 Å². The van der Waals surface area contributed by atoms with Crippen LogP contribution in [0.2, 0.25) is 0 Å². The Morgan fingerprint density at radius 1 is 1.22 bits per heavy atom. The number of fused-ring (bicyclic) bond motifs is 1. The third-order valence-corrected chi connectivity index (χ3v) is 4.12. The Bertz CT molecular complexity index is 597. The van der Waals surface area contributed by atoms with E-state index in [9.17, 15) is 9.59 Å². The molecule has 23 heavy (non-hydrogen) atoms. The van der Waals surface area contributed by atoms with Crippen molar-refractivity contribution in [3.8, 4) is 11.5 Å². The van der Waals surface area contributed by atoms with E-state index in [1.54, 1.807) is 0 Å². The van der Waals surface area contributed by atoms with Crippen LogP contribution in [0.4, 0.5) is 0 Å². The Kier molecular flexibility index (Phi) is 4.69. The van der Waals surface area contributed by atoms with E-state index in [2.05, 4.69) is 10.1 Å². The molecule has 0 radical (unpaired) electrons. The lowest BCUT2D eigenvalue weighted by molar-refractivity contribution is -0.142. The Hall–Kier alpha value is -2.24. The summed E-state index contributed by atoms with van der Waals surface area (Å²) in [6.07, 6.45) is 2.42. The normalized spacial score (nSPS) is 17.3. The minimum absolute atomic E-state index is 0.0454. The van der Waals surface area contributed by atoms with Gasteiger partial charge in [-0.15, -0.1) is 0 Å². The number of methoxy groups -OCH3 is 1. The number of carbonyl (C=O) groups excluding carboxylic acids is 2. The molecule has 124 valence electrons. The number of ether oxygens (including phenoxy) is 3. The molecule has 1 heterocycles. The molecule has 0 saturated heterocycles. The van der Waals surface area contributed by atoms with Crippen LogP contribution < -0.4 is 14.8 Å². The largest absolute Gasteiger partial charge is 0.486 e. The van der Waals surface area contributed by atoms with E-state index in [-0.39, 0.29) is 30.8 Å². The SMILES string of the molecule is COC(=O)CCC(=O)N[C@H](c1ccc2c(c1)OCCO2)C1CC1. The standard InChI is InChI=1S/C17H21NO5/c1-21-16(20)7-6-15(19)18-17(11-2-3-11)12-4-5-13-14(10-12)23-9-8-22-13/h4-5,10-11,17H,2-3,6-9H2,1H3,(H,18,19)/t17-/m0/s1. The molecular formula is C17H21NO5. The zero-order valence-corrected chi connectivity index (χ0v) is 13.2. The maximum atomic E-state index is 12.1. The molecule has 1 fully saturated rings. The summed E-state index contributed by atoms with van der Waals surface area (Å²) in [5.41, 5.74) is 1.02. The molecule has 1 aromatic carbocycles. The van der Waals surface area contributed by atoms with Crippen LogP contribution in [0.25, 0.3) is 0 Å². The molecule has 1 atom stereocenters. The van der Waals surface area contributed by atoms with Gasteiger partial charge in [-0.2, -0.15) is 0 Å². The van der Waals surface area contributed by atoms with Gasteiger partial charge in [0.2, 0.25) is 5.91 Å². The van der Waals surface area contributed by atoms with E-state index < -0.39 is 0 Å². The quantitative estimate of drug-likeness (QED) is 0.812. The van der Waals surface area contributed by atoms with Crippen LogP contribution in [0.1, 0.15) is 37.3 Å². The monoisotopic (exact) mass is 319 g/mol. The van der Waals surface area contributed by atoms with Gasteiger partial charge in [0.1, 0.15) is 13.2 Å². The molecule has 2 aliphatic rings. The molecule has 0 spiro atoms. The van der Waals surface area contributed by atoms with Gasteiger partial charge < -0.3 is 19.5 Å².